The summed E-state index contributed by atoms with van der Waals surface area (Å²) < 4.78 is 23.5. The molecule has 1 fully saturated rings. The molecule has 1 saturated heterocycles. The summed E-state index contributed by atoms with van der Waals surface area (Å²) in [6.45, 7) is -0.0721. The van der Waals surface area contributed by atoms with Gasteiger partial charge in [0.2, 0.25) is 11.8 Å². The van der Waals surface area contributed by atoms with Crippen LogP contribution in [0.2, 0.25) is 0 Å². The Morgan fingerprint density at radius 3 is 2.42 bits per heavy atom. The van der Waals surface area contributed by atoms with Gasteiger partial charge in [-0.15, -0.1) is 0 Å². The van der Waals surface area contributed by atoms with Crippen LogP contribution in [0.15, 0.2) is 30.4 Å². The molecular formula is C19H20FNO5. The normalized spacial score (nSPS) is 21.7. The number of hydrogen-bond donors (Lipinski definition) is 0. The summed E-state index contributed by atoms with van der Waals surface area (Å²) in [5.41, 5.74) is 0.488. The maximum absolute atomic E-state index is 13.6. The first-order valence-corrected chi connectivity index (χ1v) is 8.49. The number of halogens is 1. The third-order valence-electron chi connectivity index (χ3n) is 4.75. The Hall–Kier alpha value is -2.70. The molecule has 138 valence electrons. The molecule has 0 unspecified atom stereocenters. The van der Waals surface area contributed by atoms with Crippen molar-refractivity contribution < 1.29 is 28.2 Å². The second-order valence-corrected chi connectivity index (χ2v) is 6.36. The van der Waals surface area contributed by atoms with Crippen molar-refractivity contribution in [2.45, 2.75) is 25.9 Å². The monoisotopic (exact) mass is 361 g/mol. The smallest absolute Gasteiger partial charge is 0.307 e. The van der Waals surface area contributed by atoms with Gasteiger partial charge in [-0.25, -0.2) is 4.39 Å². The topological polar surface area (TPSA) is 72.9 Å². The van der Waals surface area contributed by atoms with Gasteiger partial charge in [0.1, 0.15) is 6.61 Å². The molecule has 2 aliphatic rings. The molecule has 6 nitrogen and oxygen atoms in total. The molecule has 1 aromatic carbocycles. The number of hydrogen-bond acceptors (Lipinski definition) is 5. The molecule has 3 rings (SSSR count). The molecule has 0 bridgehead atoms. The number of ether oxygens (including phenoxy) is 2. The summed E-state index contributed by atoms with van der Waals surface area (Å²) >= 11 is 0. The van der Waals surface area contributed by atoms with E-state index in [0.717, 1.165) is 4.90 Å². The molecule has 1 aromatic rings. The van der Waals surface area contributed by atoms with Crippen molar-refractivity contribution in [3.05, 3.63) is 41.7 Å². The number of rotatable bonds is 6. The Labute approximate surface area is 150 Å². The lowest BCUT2D eigenvalue weighted by molar-refractivity contribution is -0.146. The lowest BCUT2D eigenvalue weighted by Crippen LogP contribution is -2.33. The third kappa shape index (κ3) is 3.61. The fourth-order valence-electron chi connectivity index (χ4n) is 3.33. The second kappa shape index (κ2) is 7.68. The van der Waals surface area contributed by atoms with Crippen LogP contribution >= 0.6 is 0 Å². The average molecular weight is 361 g/mol. The predicted octanol–water partition coefficient (Wildman–Crippen LogP) is 2.22. The number of likely N-dealkylation sites (tertiary alicyclic amines) is 1. The second-order valence-electron chi connectivity index (χ2n) is 6.36. The average Bonchev–Trinajstić information content (AvgIpc) is 2.89. The van der Waals surface area contributed by atoms with Crippen molar-refractivity contribution in [3.63, 3.8) is 0 Å². The Balaban J connectivity index is 1.49. The molecule has 7 heteroatoms. The van der Waals surface area contributed by atoms with Gasteiger partial charge in [0.25, 0.3) is 0 Å². The van der Waals surface area contributed by atoms with E-state index in [9.17, 15) is 18.8 Å². The van der Waals surface area contributed by atoms with Crippen molar-refractivity contribution in [1.82, 2.24) is 4.90 Å². The van der Waals surface area contributed by atoms with Crippen LogP contribution in [0.5, 0.6) is 5.75 Å². The number of allylic oxidation sites excluding steroid dienone is 2. The van der Waals surface area contributed by atoms with Gasteiger partial charge in [-0.3, -0.25) is 19.3 Å². The number of carbonyl (C=O) groups excluding carboxylic acids is 3. The van der Waals surface area contributed by atoms with E-state index in [-0.39, 0.29) is 49.0 Å². The highest BCUT2D eigenvalue weighted by molar-refractivity contribution is 6.05. The van der Waals surface area contributed by atoms with Gasteiger partial charge in [0.15, 0.2) is 11.6 Å². The zero-order valence-corrected chi connectivity index (χ0v) is 14.4. The Morgan fingerprint density at radius 1 is 1.19 bits per heavy atom. The largest absolute Gasteiger partial charge is 0.494 e. The van der Waals surface area contributed by atoms with E-state index < -0.39 is 11.8 Å². The summed E-state index contributed by atoms with van der Waals surface area (Å²) in [7, 11) is 1.37. The molecule has 0 saturated carbocycles. The number of nitrogens with zero attached hydrogens (tertiary/aromatic N) is 1. The molecule has 0 radical (unpaired) electrons. The summed E-state index contributed by atoms with van der Waals surface area (Å²) in [6, 6.07) is 4.29. The molecule has 2 atom stereocenters. The number of benzene rings is 1. The number of esters is 1. The lowest BCUT2D eigenvalue weighted by Gasteiger charge is -2.14. The number of amides is 2. The molecule has 1 heterocycles. The van der Waals surface area contributed by atoms with Gasteiger partial charge in [0, 0.05) is 6.54 Å². The molecule has 2 amide bonds. The van der Waals surface area contributed by atoms with E-state index >= 15 is 0 Å². The number of methoxy groups -OCH3 is 1. The first kappa shape index (κ1) is 18.1. The number of fused-ring (bicyclic) bond motifs is 1. The minimum atomic E-state index is -0.546. The summed E-state index contributed by atoms with van der Waals surface area (Å²) in [5.74, 6) is -2.00. The van der Waals surface area contributed by atoms with Gasteiger partial charge in [-0.05, 0) is 30.5 Å². The molecular weight excluding hydrogens is 341 g/mol. The van der Waals surface area contributed by atoms with Gasteiger partial charge in [0.05, 0.1) is 25.4 Å². The number of imide groups is 1. The van der Waals surface area contributed by atoms with Crippen LogP contribution in [0.1, 0.15) is 24.8 Å². The van der Waals surface area contributed by atoms with Crippen LogP contribution < -0.4 is 4.74 Å². The number of carbonyl (C=O) groups is 3. The van der Waals surface area contributed by atoms with Crippen molar-refractivity contribution in [1.29, 1.82) is 0 Å². The Kier molecular flexibility index (Phi) is 5.35. The molecule has 1 aliphatic heterocycles. The van der Waals surface area contributed by atoms with Crippen molar-refractivity contribution in [2.75, 3.05) is 13.7 Å². The van der Waals surface area contributed by atoms with E-state index in [1.807, 2.05) is 12.2 Å². The zero-order chi connectivity index (χ0) is 18.7. The van der Waals surface area contributed by atoms with Crippen LogP contribution in [0.3, 0.4) is 0 Å². The molecule has 0 N–H and O–H groups in total. The first-order valence-electron chi connectivity index (χ1n) is 8.49. The van der Waals surface area contributed by atoms with Crippen molar-refractivity contribution in [3.8, 4) is 5.75 Å². The summed E-state index contributed by atoms with van der Waals surface area (Å²) in [5, 5.41) is 0. The highest BCUT2D eigenvalue weighted by Crippen LogP contribution is 2.35. The minimum Gasteiger partial charge on any atom is -0.494 e. The molecule has 1 aliphatic carbocycles. The van der Waals surface area contributed by atoms with Crippen LogP contribution in [0.4, 0.5) is 4.39 Å². The predicted molar refractivity (Wildman–Crippen MR) is 89.4 cm³/mol. The van der Waals surface area contributed by atoms with E-state index in [4.69, 9.17) is 9.47 Å². The maximum atomic E-state index is 13.6. The zero-order valence-electron chi connectivity index (χ0n) is 14.4. The summed E-state index contributed by atoms with van der Waals surface area (Å²) in [6.07, 6.45) is 4.89. The highest BCUT2D eigenvalue weighted by atomic mass is 19.1. The maximum Gasteiger partial charge on any atom is 0.307 e. The van der Waals surface area contributed by atoms with Gasteiger partial charge in [-0.1, -0.05) is 18.2 Å². The molecule has 26 heavy (non-hydrogen) atoms. The SMILES string of the molecule is COc1ccc(COC(=O)CCN2C(=O)[C@H]3CC=CC[C@H]3C2=O)cc1F. The van der Waals surface area contributed by atoms with Gasteiger partial charge in [-0.2, -0.15) is 0 Å². The quantitative estimate of drug-likeness (QED) is 0.441. The van der Waals surface area contributed by atoms with Crippen molar-refractivity contribution >= 4 is 17.8 Å². The minimum absolute atomic E-state index is 0.0144. The third-order valence-corrected chi connectivity index (χ3v) is 4.75. The molecule has 0 spiro atoms. The van der Waals surface area contributed by atoms with E-state index in [2.05, 4.69) is 0 Å². The highest BCUT2D eigenvalue weighted by Gasteiger charge is 2.46. The Morgan fingerprint density at radius 2 is 1.85 bits per heavy atom. The van der Waals surface area contributed by atoms with Crippen molar-refractivity contribution in [2.24, 2.45) is 11.8 Å². The van der Waals surface area contributed by atoms with E-state index in [1.54, 1.807) is 6.07 Å². The van der Waals surface area contributed by atoms with Crippen LogP contribution in [-0.4, -0.2) is 36.3 Å². The standard InChI is InChI=1S/C19H20FNO5/c1-25-16-7-6-12(10-15(16)20)11-26-17(22)8-9-21-18(23)13-4-2-3-5-14(13)19(21)24/h2-3,6-7,10,13-14H,4-5,8-9,11H2,1H3/t13-,14+. The molecule has 0 aromatic heterocycles. The first-order chi connectivity index (χ1) is 12.5. The lowest BCUT2D eigenvalue weighted by atomic mass is 9.85. The Bertz CT molecular complexity index is 734. The fraction of sp³-hybridized carbons (Fsp3) is 0.421. The van der Waals surface area contributed by atoms with E-state index in [1.165, 1.54) is 19.2 Å². The van der Waals surface area contributed by atoms with E-state index in [0.29, 0.717) is 18.4 Å². The van der Waals surface area contributed by atoms with Crippen LogP contribution in [-0.2, 0) is 25.7 Å². The van der Waals surface area contributed by atoms with Gasteiger partial charge >= 0.3 is 5.97 Å². The van der Waals surface area contributed by atoms with Crippen LogP contribution in [0.25, 0.3) is 0 Å². The van der Waals surface area contributed by atoms with Crippen LogP contribution in [0, 0.1) is 17.7 Å². The van der Waals surface area contributed by atoms with Gasteiger partial charge < -0.3 is 9.47 Å². The summed E-state index contributed by atoms with van der Waals surface area (Å²) in [4.78, 5) is 37.7. The fourth-order valence-corrected chi connectivity index (χ4v) is 3.33.